The Balaban J connectivity index is 3.51. The zero-order chi connectivity index (χ0) is 18.6. The summed E-state index contributed by atoms with van der Waals surface area (Å²) in [6.45, 7) is 10.4. The van der Waals surface area contributed by atoms with E-state index in [0.717, 1.165) is 26.1 Å². The molecule has 0 spiro atoms. The molecule has 0 aliphatic heterocycles. The quantitative estimate of drug-likeness (QED) is 0.200. The maximum atomic E-state index is 11.8. The molecule has 0 radical (unpaired) electrons. The Morgan fingerprint density at radius 1 is 0.640 bits per heavy atom. The van der Waals surface area contributed by atoms with Gasteiger partial charge in [0.2, 0.25) is 0 Å². The predicted octanol–water partition coefficient (Wildman–Crippen LogP) is 6.35. The van der Waals surface area contributed by atoms with Crippen LogP contribution in [0.25, 0.3) is 0 Å². The highest BCUT2D eigenvalue weighted by molar-refractivity contribution is 5.69. The summed E-state index contributed by atoms with van der Waals surface area (Å²) in [6.07, 6.45) is 17.1. The van der Waals surface area contributed by atoms with E-state index in [1.807, 2.05) is 0 Å². The summed E-state index contributed by atoms with van der Waals surface area (Å²) in [6, 6.07) is 0. The summed E-state index contributed by atoms with van der Waals surface area (Å²) < 4.78 is 5.42. The fourth-order valence-electron chi connectivity index (χ4n) is 3.04. The van der Waals surface area contributed by atoms with Gasteiger partial charge in [0.1, 0.15) is 6.61 Å². The van der Waals surface area contributed by atoms with Crippen LogP contribution < -0.4 is 0 Å². The largest absolute Gasteiger partial charge is 0.464 e. The van der Waals surface area contributed by atoms with Crippen LogP contribution >= 0.6 is 0 Å². The lowest BCUT2D eigenvalue weighted by atomic mass is 10.1. The predicted molar refractivity (Wildman–Crippen MR) is 109 cm³/mol. The molecule has 0 aromatic heterocycles. The average Bonchev–Trinajstić information content (AvgIpc) is 2.62. The van der Waals surface area contributed by atoms with Crippen molar-refractivity contribution in [2.45, 2.75) is 111 Å². The van der Waals surface area contributed by atoms with Gasteiger partial charge in [-0.25, -0.2) is 0 Å². The first-order valence-electron chi connectivity index (χ1n) is 11.1. The van der Waals surface area contributed by atoms with Gasteiger partial charge in [-0.3, -0.25) is 9.69 Å². The minimum absolute atomic E-state index is 0.00567. The Bertz CT molecular complexity index is 273. The summed E-state index contributed by atoms with van der Waals surface area (Å²) in [5.74, 6) is -0.00567. The highest BCUT2D eigenvalue weighted by atomic mass is 16.5. The maximum Gasteiger partial charge on any atom is 0.305 e. The van der Waals surface area contributed by atoms with Gasteiger partial charge in [-0.05, 0) is 32.4 Å². The van der Waals surface area contributed by atoms with Crippen LogP contribution in [0.1, 0.15) is 111 Å². The monoisotopic (exact) mass is 355 g/mol. The van der Waals surface area contributed by atoms with Gasteiger partial charge in [0.05, 0.1) is 0 Å². The Kier molecular flexibility index (Phi) is 19.3. The van der Waals surface area contributed by atoms with Gasteiger partial charge < -0.3 is 4.74 Å². The number of hydrogen-bond donors (Lipinski definition) is 0. The summed E-state index contributed by atoms with van der Waals surface area (Å²) in [5.41, 5.74) is 0. The molecule has 0 heterocycles. The smallest absolute Gasteiger partial charge is 0.305 e. The van der Waals surface area contributed by atoms with Gasteiger partial charge in [-0.1, -0.05) is 85.0 Å². The molecule has 0 N–H and O–H groups in total. The third kappa shape index (κ3) is 18.0. The zero-order valence-corrected chi connectivity index (χ0v) is 17.5. The van der Waals surface area contributed by atoms with E-state index in [1.165, 1.54) is 77.0 Å². The molecule has 0 bridgehead atoms. The first kappa shape index (κ1) is 24.4. The third-order valence-electron chi connectivity index (χ3n) is 4.81. The first-order valence-corrected chi connectivity index (χ1v) is 11.1. The SMILES string of the molecule is CCCCCCCCCCCC(=O)OCCN(CCCC)CCCC. The molecule has 0 aromatic rings. The normalized spacial score (nSPS) is 11.2. The fourth-order valence-corrected chi connectivity index (χ4v) is 3.04. The van der Waals surface area contributed by atoms with Crippen molar-refractivity contribution in [3.63, 3.8) is 0 Å². The van der Waals surface area contributed by atoms with Crippen LogP contribution in [0.3, 0.4) is 0 Å². The van der Waals surface area contributed by atoms with Gasteiger partial charge in [0, 0.05) is 13.0 Å². The van der Waals surface area contributed by atoms with Crippen LogP contribution in [0.2, 0.25) is 0 Å². The Morgan fingerprint density at radius 2 is 1.12 bits per heavy atom. The molecule has 0 aromatic carbocycles. The molecule has 0 saturated carbocycles. The molecule has 0 rings (SSSR count). The standard InChI is InChI=1S/C22H45NO2/c1-4-7-10-11-12-13-14-15-16-17-22(24)25-21-20-23(18-8-5-2)19-9-6-3/h4-21H2,1-3H3. The minimum atomic E-state index is -0.00567. The second kappa shape index (κ2) is 19.8. The van der Waals surface area contributed by atoms with Gasteiger partial charge in [0.25, 0.3) is 0 Å². The van der Waals surface area contributed by atoms with Crippen LogP contribution in [-0.2, 0) is 9.53 Å². The second-order valence-corrected chi connectivity index (χ2v) is 7.35. The van der Waals surface area contributed by atoms with Crippen LogP contribution in [0, 0.1) is 0 Å². The van der Waals surface area contributed by atoms with Gasteiger partial charge in [0.15, 0.2) is 0 Å². The van der Waals surface area contributed by atoms with E-state index in [2.05, 4.69) is 25.7 Å². The number of hydrogen-bond acceptors (Lipinski definition) is 3. The lowest BCUT2D eigenvalue weighted by Gasteiger charge is -2.21. The Hall–Kier alpha value is -0.570. The van der Waals surface area contributed by atoms with Gasteiger partial charge in [-0.2, -0.15) is 0 Å². The lowest BCUT2D eigenvalue weighted by Crippen LogP contribution is -2.30. The molecule has 0 aliphatic rings. The van der Waals surface area contributed by atoms with E-state index in [0.29, 0.717) is 13.0 Å². The number of esters is 1. The van der Waals surface area contributed by atoms with Crippen LogP contribution in [0.5, 0.6) is 0 Å². The van der Waals surface area contributed by atoms with Crippen molar-refractivity contribution in [1.29, 1.82) is 0 Å². The van der Waals surface area contributed by atoms with E-state index in [1.54, 1.807) is 0 Å². The van der Waals surface area contributed by atoms with E-state index in [-0.39, 0.29) is 5.97 Å². The number of unbranched alkanes of at least 4 members (excludes halogenated alkanes) is 10. The molecule has 0 unspecified atom stereocenters. The van der Waals surface area contributed by atoms with Crippen molar-refractivity contribution in [2.24, 2.45) is 0 Å². The second-order valence-electron chi connectivity index (χ2n) is 7.35. The number of nitrogens with zero attached hydrogens (tertiary/aromatic N) is 1. The summed E-state index contributed by atoms with van der Waals surface area (Å²) in [7, 11) is 0. The highest BCUT2D eigenvalue weighted by Crippen LogP contribution is 2.10. The molecule has 25 heavy (non-hydrogen) atoms. The van der Waals surface area contributed by atoms with E-state index >= 15 is 0 Å². The molecular formula is C22H45NO2. The molecule has 3 nitrogen and oxygen atoms in total. The summed E-state index contributed by atoms with van der Waals surface area (Å²) >= 11 is 0. The van der Waals surface area contributed by atoms with Crippen molar-refractivity contribution in [1.82, 2.24) is 4.90 Å². The molecule has 0 atom stereocenters. The molecular weight excluding hydrogens is 310 g/mol. The van der Waals surface area contributed by atoms with E-state index in [9.17, 15) is 4.79 Å². The first-order chi connectivity index (χ1) is 12.2. The molecule has 150 valence electrons. The molecule has 0 amide bonds. The topological polar surface area (TPSA) is 29.5 Å². The highest BCUT2D eigenvalue weighted by Gasteiger charge is 2.07. The van der Waals surface area contributed by atoms with Crippen LogP contribution in [0.4, 0.5) is 0 Å². The van der Waals surface area contributed by atoms with Crippen molar-refractivity contribution in [2.75, 3.05) is 26.2 Å². The average molecular weight is 356 g/mol. The Labute approximate surface area is 157 Å². The molecule has 0 fully saturated rings. The lowest BCUT2D eigenvalue weighted by molar-refractivity contribution is -0.144. The summed E-state index contributed by atoms with van der Waals surface area (Å²) in [4.78, 5) is 14.3. The number of rotatable bonds is 19. The maximum absolute atomic E-state index is 11.8. The van der Waals surface area contributed by atoms with Crippen molar-refractivity contribution in [3.8, 4) is 0 Å². The number of ether oxygens (including phenoxy) is 1. The van der Waals surface area contributed by atoms with Crippen LogP contribution in [-0.4, -0.2) is 37.1 Å². The number of carbonyl (C=O) groups is 1. The minimum Gasteiger partial charge on any atom is -0.464 e. The van der Waals surface area contributed by atoms with Gasteiger partial charge >= 0.3 is 5.97 Å². The zero-order valence-electron chi connectivity index (χ0n) is 17.5. The number of carbonyl (C=O) groups excluding carboxylic acids is 1. The Morgan fingerprint density at radius 3 is 1.64 bits per heavy atom. The fraction of sp³-hybridized carbons (Fsp3) is 0.955. The summed E-state index contributed by atoms with van der Waals surface area (Å²) in [5, 5.41) is 0. The van der Waals surface area contributed by atoms with E-state index < -0.39 is 0 Å². The molecule has 0 saturated heterocycles. The van der Waals surface area contributed by atoms with Crippen LogP contribution in [0.15, 0.2) is 0 Å². The van der Waals surface area contributed by atoms with Crippen molar-refractivity contribution in [3.05, 3.63) is 0 Å². The van der Waals surface area contributed by atoms with E-state index in [4.69, 9.17) is 4.74 Å². The van der Waals surface area contributed by atoms with Crippen molar-refractivity contribution >= 4 is 5.97 Å². The molecule has 0 aliphatic carbocycles. The third-order valence-corrected chi connectivity index (χ3v) is 4.81. The van der Waals surface area contributed by atoms with Gasteiger partial charge in [-0.15, -0.1) is 0 Å². The van der Waals surface area contributed by atoms with Crippen molar-refractivity contribution < 1.29 is 9.53 Å². The molecule has 3 heteroatoms.